The Morgan fingerprint density at radius 3 is 2.59 bits per heavy atom. The normalized spacial score (nSPS) is 11.2. The van der Waals surface area contributed by atoms with Crippen LogP contribution < -0.4 is 10.6 Å². The smallest absolute Gasteiger partial charge is 0.214 e. The molecule has 8 heteroatoms. The van der Waals surface area contributed by atoms with Crippen molar-refractivity contribution >= 4 is 41.3 Å². The van der Waals surface area contributed by atoms with Gasteiger partial charge in [-0.1, -0.05) is 6.92 Å². The minimum Gasteiger partial charge on any atom is -0.444 e. The molecule has 122 valence electrons. The number of hydrogen-bond donors (Lipinski definition) is 2. The summed E-state index contributed by atoms with van der Waals surface area (Å²) in [5.74, 6) is 2.22. The molecule has 0 aromatic carbocycles. The molecule has 0 saturated heterocycles. The van der Waals surface area contributed by atoms with Crippen molar-refractivity contribution in [2.24, 2.45) is 4.99 Å². The van der Waals surface area contributed by atoms with Crippen LogP contribution >= 0.6 is 35.3 Å². The average molecular weight is 435 g/mol. The first-order valence-electron chi connectivity index (χ1n) is 6.93. The maximum absolute atomic E-state index is 5.52. The first-order valence-corrected chi connectivity index (χ1v) is 7.75. The van der Waals surface area contributed by atoms with Gasteiger partial charge in [-0.3, -0.25) is 4.99 Å². The van der Waals surface area contributed by atoms with Crippen LogP contribution in [0.3, 0.4) is 0 Å². The van der Waals surface area contributed by atoms with Crippen LogP contribution in [0, 0.1) is 13.8 Å². The average Bonchev–Trinajstić information content (AvgIpc) is 3.06. The van der Waals surface area contributed by atoms with Crippen molar-refractivity contribution in [3.8, 4) is 0 Å². The van der Waals surface area contributed by atoms with Crippen LogP contribution in [0.4, 0.5) is 0 Å². The summed E-state index contributed by atoms with van der Waals surface area (Å²) in [7, 11) is 1.74. The minimum absolute atomic E-state index is 0. The van der Waals surface area contributed by atoms with Gasteiger partial charge in [0.15, 0.2) is 5.96 Å². The lowest BCUT2D eigenvalue weighted by molar-refractivity contribution is 0.463. The number of halogens is 1. The van der Waals surface area contributed by atoms with Crippen molar-refractivity contribution in [2.45, 2.75) is 40.3 Å². The predicted molar refractivity (Wildman–Crippen MR) is 99.9 cm³/mol. The van der Waals surface area contributed by atoms with Gasteiger partial charge in [0.2, 0.25) is 5.89 Å². The Balaban J connectivity index is 0.00000242. The summed E-state index contributed by atoms with van der Waals surface area (Å²) < 4.78 is 5.52. The lowest BCUT2D eigenvalue weighted by atomic mass is 10.4. The number of aryl methyl sites for hydroxylation is 3. The lowest BCUT2D eigenvalue weighted by Crippen LogP contribution is -2.36. The molecule has 0 aliphatic rings. The standard InChI is InChI=1S/C14H21N5OS.HI/c1-5-11-6-16-13(21-11)8-18-14(15-4)17-7-12-19-9(2)10(3)20-12;/h6H,5,7-8H2,1-4H3,(H2,15,17,18);1H. The largest absolute Gasteiger partial charge is 0.444 e. The van der Waals surface area contributed by atoms with Gasteiger partial charge in [-0.25, -0.2) is 9.97 Å². The molecule has 2 aromatic heterocycles. The molecule has 2 N–H and O–H groups in total. The van der Waals surface area contributed by atoms with Crippen LogP contribution in [0.15, 0.2) is 15.6 Å². The zero-order chi connectivity index (χ0) is 15.2. The molecule has 22 heavy (non-hydrogen) atoms. The molecule has 2 rings (SSSR count). The highest BCUT2D eigenvalue weighted by atomic mass is 127. The topological polar surface area (TPSA) is 75.3 Å². The van der Waals surface area contributed by atoms with Crippen LogP contribution in [0.1, 0.15) is 34.2 Å². The number of nitrogens with one attached hydrogen (secondary N) is 2. The van der Waals surface area contributed by atoms with Crippen LogP contribution in [0.25, 0.3) is 0 Å². The predicted octanol–water partition coefficient (Wildman–Crippen LogP) is 2.79. The number of aliphatic imine (C=N–C) groups is 1. The quantitative estimate of drug-likeness (QED) is 0.429. The van der Waals surface area contributed by atoms with Crippen molar-refractivity contribution in [2.75, 3.05) is 7.05 Å². The van der Waals surface area contributed by atoms with E-state index < -0.39 is 0 Å². The van der Waals surface area contributed by atoms with E-state index in [0.717, 1.165) is 22.9 Å². The summed E-state index contributed by atoms with van der Waals surface area (Å²) in [6.45, 7) is 7.14. The second-order valence-corrected chi connectivity index (χ2v) is 5.80. The highest BCUT2D eigenvalue weighted by Crippen LogP contribution is 2.12. The van der Waals surface area contributed by atoms with E-state index in [9.17, 15) is 0 Å². The summed E-state index contributed by atoms with van der Waals surface area (Å²) >= 11 is 1.72. The number of thiazole rings is 1. The molecule has 0 amide bonds. The number of rotatable bonds is 5. The molecule has 0 atom stereocenters. The second-order valence-electron chi connectivity index (χ2n) is 4.60. The minimum atomic E-state index is 0. The monoisotopic (exact) mass is 435 g/mol. The van der Waals surface area contributed by atoms with E-state index in [0.29, 0.717) is 24.9 Å². The third-order valence-electron chi connectivity index (χ3n) is 3.06. The molecule has 6 nitrogen and oxygen atoms in total. The van der Waals surface area contributed by atoms with Gasteiger partial charge in [-0.15, -0.1) is 35.3 Å². The number of nitrogens with zero attached hydrogens (tertiary/aromatic N) is 3. The Morgan fingerprint density at radius 1 is 1.32 bits per heavy atom. The van der Waals surface area contributed by atoms with Crippen molar-refractivity contribution in [1.29, 1.82) is 0 Å². The Hall–Kier alpha value is -1.16. The summed E-state index contributed by atoms with van der Waals surface area (Å²) in [6, 6.07) is 0. The van der Waals surface area contributed by atoms with Crippen molar-refractivity contribution in [1.82, 2.24) is 20.6 Å². The van der Waals surface area contributed by atoms with Crippen molar-refractivity contribution in [3.63, 3.8) is 0 Å². The Labute approximate surface area is 151 Å². The van der Waals surface area contributed by atoms with Gasteiger partial charge < -0.3 is 15.1 Å². The maximum atomic E-state index is 5.52. The van der Waals surface area contributed by atoms with Crippen LogP contribution in [-0.2, 0) is 19.5 Å². The van der Waals surface area contributed by atoms with Gasteiger partial charge >= 0.3 is 0 Å². The van der Waals surface area contributed by atoms with Gasteiger partial charge in [0.25, 0.3) is 0 Å². The van der Waals surface area contributed by atoms with Gasteiger partial charge in [-0.2, -0.15) is 0 Å². The van der Waals surface area contributed by atoms with Crippen LogP contribution in [0.5, 0.6) is 0 Å². The fourth-order valence-electron chi connectivity index (χ4n) is 1.75. The fourth-order valence-corrected chi connectivity index (χ4v) is 2.55. The molecule has 0 saturated carbocycles. The summed E-state index contributed by atoms with van der Waals surface area (Å²) in [5.41, 5.74) is 0.921. The second kappa shape index (κ2) is 9.09. The van der Waals surface area contributed by atoms with Gasteiger partial charge in [0.1, 0.15) is 10.8 Å². The molecule has 2 heterocycles. The van der Waals surface area contributed by atoms with E-state index in [2.05, 4.69) is 32.5 Å². The van der Waals surface area contributed by atoms with E-state index >= 15 is 0 Å². The molecule has 0 bridgehead atoms. The third kappa shape index (κ3) is 5.24. The van der Waals surface area contributed by atoms with E-state index in [1.807, 2.05) is 20.0 Å². The van der Waals surface area contributed by atoms with E-state index in [1.54, 1.807) is 18.4 Å². The van der Waals surface area contributed by atoms with Crippen LogP contribution in [-0.4, -0.2) is 23.0 Å². The van der Waals surface area contributed by atoms with Gasteiger partial charge in [0, 0.05) is 18.1 Å². The third-order valence-corrected chi connectivity index (χ3v) is 4.20. The summed E-state index contributed by atoms with van der Waals surface area (Å²) in [6.07, 6.45) is 2.95. The molecule has 0 radical (unpaired) electrons. The maximum Gasteiger partial charge on any atom is 0.214 e. The molecular weight excluding hydrogens is 413 g/mol. The number of oxazole rings is 1. The molecule has 0 unspecified atom stereocenters. The first kappa shape index (κ1) is 18.9. The Morgan fingerprint density at radius 2 is 2.05 bits per heavy atom. The lowest BCUT2D eigenvalue weighted by Gasteiger charge is -2.09. The van der Waals surface area contributed by atoms with E-state index in [4.69, 9.17) is 4.42 Å². The Bertz CT molecular complexity index is 603. The number of guanidine groups is 1. The first-order chi connectivity index (χ1) is 10.1. The van der Waals surface area contributed by atoms with Gasteiger partial charge in [-0.05, 0) is 20.3 Å². The zero-order valence-corrected chi connectivity index (χ0v) is 16.4. The molecular formula is C14H22IN5OS. The molecule has 0 aliphatic carbocycles. The number of aromatic nitrogens is 2. The van der Waals surface area contributed by atoms with Crippen LogP contribution in [0.2, 0.25) is 0 Å². The van der Waals surface area contributed by atoms with Crippen molar-refractivity contribution < 1.29 is 4.42 Å². The SMILES string of the molecule is CCc1cnc(CNC(=NC)NCc2nc(C)c(C)o2)s1.I. The highest BCUT2D eigenvalue weighted by molar-refractivity contribution is 14.0. The molecule has 0 aliphatic heterocycles. The molecule has 2 aromatic rings. The van der Waals surface area contributed by atoms with E-state index in [1.165, 1.54) is 4.88 Å². The number of hydrogen-bond acceptors (Lipinski definition) is 5. The summed E-state index contributed by atoms with van der Waals surface area (Å²) in [5, 5.41) is 7.46. The molecule has 0 fully saturated rings. The summed E-state index contributed by atoms with van der Waals surface area (Å²) in [4.78, 5) is 14.2. The van der Waals surface area contributed by atoms with Gasteiger partial charge in [0.05, 0.1) is 18.8 Å². The van der Waals surface area contributed by atoms with E-state index in [-0.39, 0.29) is 24.0 Å². The fraction of sp³-hybridized carbons (Fsp3) is 0.500. The van der Waals surface area contributed by atoms with Crippen molar-refractivity contribution in [3.05, 3.63) is 33.4 Å². The highest BCUT2D eigenvalue weighted by Gasteiger charge is 2.07. The zero-order valence-electron chi connectivity index (χ0n) is 13.3. The Kier molecular flexibility index (Phi) is 7.80. The molecule has 0 spiro atoms.